The Hall–Kier alpha value is -1.06. The summed E-state index contributed by atoms with van der Waals surface area (Å²) < 4.78 is 0. The van der Waals surface area contributed by atoms with Gasteiger partial charge >= 0.3 is 5.97 Å². The largest absolute Gasteiger partial charge is 0.481 e. The highest BCUT2D eigenvalue weighted by atomic mass is 16.4. The summed E-state index contributed by atoms with van der Waals surface area (Å²) in [5, 5.41) is 9.33. The Bertz CT molecular complexity index is 372. The normalized spacial score (nSPS) is 32.5. The van der Waals surface area contributed by atoms with E-state index in [1.54, 1.807) is 0 Å². The van der Waals surface area contributed by atoms with Crippen molar-refractivity contribution in [2.45, 2.75) is 44.9 Å². The van der Waals surface area contributed by atoms with Crippen LogP contribution in [0.2, 0.25) is 0 Å². The summed E-state index contributed by atoms with van der Waals surface area (Å²) in [5.41, 5.74) is 0. The lowest BCUT2D eigenvalue weighted by Crippen LogP contribution is -2.36. The molecule has 0 bridgehead atoms. The SMILES string of the molecule is O=C(O)[C@H]1CN(C(=O)C2CCCCC2)C[C@@H]1C1CC1. The first-order chi connectivity index (χ1) is 9.16. The highest BCUT2D eigenvalue weighted by Gasteiger charge is 2.47. The second kappa shape index (κ2) is 5.14. The molecule has 106 valence electrons. The number of hydrogen-bond donors (Lipinski definition) is 1. The van der Waals surface area contributed by atoms with Crippen LogP contribution in [0, 0.1) is 23.7 Å². The molecule has 1 amide bonds. The third kappa shape index (κ3) is 2.63. The Labute approximate surface area is 114 Å². The number of nitrogens with zero attached hydrogens (tertiary/aromatic N) is 1. The van der Waals surface area contributed by atoms with E-state index in [2.05, 4.69) is 0 Å². The van der Waals surface area contributed by atoms with Crippen LogP contribution >= 0.6 is 0 Å². The number of likely N-dealkylation sites (tertiary alicyclic amines) is 1. The van der Waals surface area contributed by atoms with Gasteiger partial charge in [0.05, 0.1) is 5.92 Å². The Morgan fingerprint density at radius 1 is 0.947 bits per heavy atom. The van der Waals surface area contributed by atoms with Crippen LogP contribution in [0.25, 0.3) is 0 Å². The Morgan fingerprint density at radius 3 is 2.21 bits per heavy atom. The minimum Gasteiger partial charge on any atom is -0.481 e. The van der Waals surface area contributed by atoms with Gasteiger partial charge in [-0.05, 0) is 37.5 Å². The van der Waals surface area contributed by atoms with Crippen molar-refractivity contribution in [2.24, 2.45) is 23.7 Å². The quantitative estimate of drug-likeness (QED) is 0.850. The van der Waals surface area contributed by atoms with Gasteiger partial charge in [0.15, 0.2) is 0 Å². The molecule has 3 fully saturated rings. The van der Waals surface area contributed by atoms with E-state index in [-0.39, 0.29) is 23.7 Å². The molecule has 19 heavy (non-hydrogen) atoms. The number of carbonyl (C=O) groups excluding carboxylic acids is 1. The van der Waals surface area contributed by atoms with Crippen molar-refractivity contribution in [3.63, 3.8) is 0 Å². The molecule has 0 aromatic rings. The van der Waals surface area contributed by atoms with Crippen LogP contribution in [-0.2, 0) is 9.59 Å². The van der Waals surface area contributed by atoms with Gasteiger partial charge in [0, 0.05) is 19.0 Å². The monoisotopic (exact) mass is 265 g/mol. The summed E-state index contributed by atoms with van der Waals surface area (Å²) in [5.74, 6) is 0.140. The standard InChI is InChI=1S/C15H23NO3/c17-14(11-4-2-1-3-5-11)16-8-12(10-6-7-10)13(9-16)15(18)19/h10-13H,1-9H2,(H,18,19)/t12-,13+/m1/s1. The van der Waals surface area contributed by atoms with Gasteiger partial charge in [-0.1, -0.05) is 19.3 Å². The lowest BCUT2D eigenvalue weighted by molar-refractivity contribution is -0.143. The Morgan fingerprint density at radius 2 is 1.63 bits per heavy atom. The summed E-state index contributed by atoms with van der Waals surface area (Å²) in [6.45, 7) is 1.14. The highest BCUT2D eigenvalue weighted by molar-refractivity contribution is 5.81. The molecule has 3 rings (SSSR count). The molecular weight excluding hydrogens is 242 g/mol. The molecule has 2 aliphatic carbocycles. The number of rotatable bonds is 3. The van der Waals surface area contributed by atoms with E-state index in [0.717, 1.165) is 38.5 Å². The van der Waals surface area contributed by atoms with Gasteiger partial charge in [-0.25, -0.2) is 0 Å². The van der Waals surface area contributed by atoms with Gasteiger partial charge in [0.2, 0.25) is 5.91 Å². The van der Waals surface area contributed by atoms with E-state index in [1.807, 2.05) is 4.90 Å². The van der Waals surface area contributed by atoms with Gasteiger partial charge in [0.25, 0.3) is 0 Å². The predicted molar refractivity (Wildman–Crippen MR) is 70.5 cm³/mol. The van der Waals surface area contributed by atoms with Crippen LogP contribution in [0.3, 0.4) is 0 Å². The zero-order valence-electron chi connectivity index (χ0n) is 11.4. The van der Waals surface area contributed by atoms with Crippen LogP contribution in [-0.4, -0.2) is 35.0 Å². The van der Waals surface area contributed by atoms with Crippen molar-refractivity contribution >= 4 is 11.9 Å². The molecule has 4 nitrogen and oxygen atoms in total. The number of carboxylic acids is 1. The zero-order valence-corrected chi connectivity index (χ0v) is 11.4. The topological polar surface area (TPSA) is 57.6 Å². The van der Waals surface area contributed by atoms with Crippen molar-refractivity contribution in [1.82, 2.24) is 4.90 Å². The first-order valence-electron chi connectivity index (χ1n) is 7.68. The highest BCUT2D eigenvalue weighted by Crippen LogP contribution is 2.44. The van der Waals surface area contributed by atoms with E-state index in [0.29, 0.717) is 19.0 Å². The third-order valence-corrected chi connectivity index (χ3v) is 5.18. The van der Waals surface area contributed by atoms with E-state index in [9.17, 15) is 14.7 Å². The van der Waals surface area contributed by atoms with Crippen molar-refractivity contribution in [1.29, 1.82) is 0 Å². The van der Waals surface area contributed by atoms with Gasteiger partial charge in [-0.15, -0.1) is 0 Å². The first kappa shape index (κ1) is 12.9. The molecule has 0 spiro atoms. The van der Waals surface area contributed by atoms with Gasteiger partial charge in [0.1, 0.15) is 0 Å². The fourth-order valence-electron chi connectivity index (χ4n) is 3.88. The number of carboxylic acid groups (broad SMARTS) is 1. The van der Waals surface area contributed by atoms with Crippen molar-refractivity contribution in [3.8, 4) is 0 Å². The van der Waals surface area contributed by atoms with E-state index < -0.39 is 5.97 Å². The zero-order chi connectivity index (χ0) is 13.4. The predicted octanol–water partition coefficient (Wildman–Crippen LogP) is 2.14. The lowest BCUT2D eigenvalue weighted by atomic mass is 9.88. The maximum atomic E-state index is 12.5. The van der Waals surface area contributed by atoms with Crippen molar-refractivity contribution in [2.75, 3.05) is 13.1 Å². The van der Waals surface area contributed by atoms with Crippen LogP contribution in [0.4, 0.5) is 0 Å². The molecule has 0 unspecified atom stereocenters. The molecule has 1 aliphatic heterocycles. The molecule has 1 saturated heterocycles. The van der Waals surface area contributed by atoms with E-state index in [1.165, 1.54) is 6.42 Å². The fourth-order valence-corrected chi connectivity index (χ4v) is 3.88. The number of aliphatic carboxylic acids is 1. The van der Waals surface area contributed by atoms with E-state index >= 15 is 0 Å². The first-order valence-corrected chi connectivity index (χ1v) is 7.68. The second-order valence-corrected chi connectivity index (χ2v) is 6.52. The average molecular weight is 265 g/mol. The molecule has 2 atom stereocenters. The maximum absolute atomic E-state index is 12.5. The summed E-state index contributed by atoms with van der Waals surface area (Å²) in [6.07, 6.45) is 7.85. The molecule has 0 aromatic heterocycles. The summed E-state index contributed by atoms with van der Waals surface area (Å²) in [4.78, 5) is 25.7. The smallest absolute Gasteiger partial charge is 0.308 e. The van der Waals surface area contributed by atoms with Crippen molar-refractivity contribution < 1.29 is 14.7 Å². The summed E-state index contributed by atoms with van der Waals surface area (Å²) >= 11 is 0. The van der Waals surface area contributed by atoms with Crippen LogP contribution < -0.4 is 0 Å². The molecule has 2 saturated carbocycles. The Balaban J connectivity index is 1.65. The molecule has 0 radical (unpaired) electrons. The van der Waals surface area contributed by atoms with Crippen LogP contribution in [0.1, 0.15) is 44.9 Å². The minimum atomic E-state index is -0.712. The Kier molecular flexibility index (Phi) is 3.50. The molecule has 1 N–H and O–H groups in total. The maximum Gasteiger partial charge on any atom is 0.308 e. The number of hydrogen-bond acceptors (Lipinski definition) is 2. The molecule has 1 heterocycles. The molecule has 4 heteroatoms. The average Bonchev–Trinajstić information content (AvgIpc) is 3.17. The lowest BCUT2D eigenvalue weighted by Gasteiger charge is -2.26. The number of carbonyl (C=O) groups is 2. The molecule has 3 aliphatic rings. The fraction of sp³-hybridized carbons (Fsp3) is 0.867. The second-order valence-electron chi connectivity index (χ2n) is 6.52. The minimum absolute atomic E-state index is 0.168. The van der Waals surface area contributed by atoms with Crippen LogP contribution in [0.5, 0.6) is 0 Å². The van der Waals surface area contributed by atoms with Gasteiger partial charge in [-0.2, -0.15) is 0 Å². The third-order valence-electron chi connectivity index (χ3n) is 5.18. The van der Waals surface area contributed by atoms with Crippen LogP contribution in [0.15, 0.2) is 0 Å². The molecule has 0 aromatic carbocycles. The van der Waals surface area contributed by atoms with Crippen molar-refractivity contribution in [3.05, 3.63) is 0 Å². The van der Waals surface area contributed by atoms with Gasteiger partial charge < -0.3 is 10.0 Å². The van der Waals surface area contributed by atoms with Gasteiger partial charge in [-0.3, -0.25) is 9.59 Å². The summed E-state index contributed by atoms with van der Waals surface area (Å²) in [6, 6.07) is 0. The molecular formula is C15H23NO3. The van der Waals surface area contributed by atoms with E-state index in [4.69, 9.17) is 0 Å². The summed E-state index contributed by atoms with van der Waals surface area (Å²) in [7, 11) is 0. The number of amides is 1.